The van der Waals surface area contributed by atoms with E-state index in [2.05, 4.69) is 15.4 Å². The van der Waals surface area contributed by atoms with E-state index in [4.69, 9.17) is 4.74 Å². The van der Waals surface area contributed by atoms with Gasteiger partial charge in [0.05, 0.1) is 47.0 Å². The highest BCUT2D eigenvalue weighted by molar-refractivity contribution is 5.81. The number of aryl methyl sites for hydroxylation is 1. The van der Waals surface area contributed by atoms with Gasteiger partial charge in [0, 0.05) is 24.4 Å². The van der Waals surface area contributed by atoms with Gasteiger partial charge in [-0.05, 0) is 37.3 Å². The van der Waals surface area contributed by atoms with E-state index < -0.39 is 23.5 Å². The summed E-state index contributed by atoms with van der Waals surface area (Å²) >= 11 is 0. The number of nitrogens with zero attached hydrogens (tertiary/aromatic N) is 3. The molecular formula is C26H22F4N4O2. The maximum absolute atomic E-state index is 15.0. The monoisotopic (exact) mass is 498 g/mol. The first kappa shape index (κ1) is 24.9. The molecule has 4 rings (SSSR count). The molecule has 0 saturated carbocycles. The maximum atomic E-state index is 15.0. The van der Waals surface area contributed by atoms with Gasteiger partial charge in [0.15, 0.2) is 0 Å². The number of hydrogen-bond acceptors (Lipinski definition) is 5. The molecule has 0 aliphatic carbocycles. The molecule has 0 unspecified atom stereocenters. The number of halogens is 4. The summed E-state index contributed by atoms with van der Waals surface area (Å²) in [5.74, 6) is -1.53. The molecule has 0 aliphatic heterocycles. The topological polar surface area (TPSA) is 69.0 Å². The molecule has 0 aliphatic rings. The van der Waals surface area contributed by atoms with Crippen LogP contribution in [0.4, 0.5) is 28.9 Å². The van der Waals surface area contributed by atoms with Crippen LogP contribution in [0.2, 0.25) is 0 Å². The zero-order chi connectivity index (χ0) is 25.9. The fourth-order valence-electron chi connectivity index (χ4n) is 3.69. The smallest absolute Gasteiger partial charge is 0.417 e. The van der Waals surface area contributed by atoms with Crippen LogP contribution in [0.15, 0.2) is 66.9 Å². The lowest BCUT2D eigenvalue weighted by molar-refractivity contribution is -0.142. The van der Waals surface area contributed by atoms with Crippen molar-refractivity contribution in [2.75, 3.05) is 11.9 Å². The standard InChI is InChI=1S/C26H22F4N4O2/c1-3-36-24(35)13-17-9-10-22(25(31-17)16-7-5-4-6-8-16)32-23-14-18(21-11-12-34(2)33-21)19(15-20(23)27)26(28,29)30/h4-12,14-15,32H,3,13H2,1-2H3. The Balaban J connectivity index is 1.79. The van der Waals surface area contributed by atoms with Crippen molar-refractivity contribution in [1.29, 1.82) is 0 Å². The number of pyridine rings is 1. The summed E-state index contributed by atoms with van der Waals surface area (Å²) in [6.45, 7) is 1.93. The number of ether oxygens (including phenoxy) is 1. The van der Waals surface area contributed by atoms with Crippen molar-refractivity contribution in [2.45, 2.75) is 19.5 Å². The van der Waals surface area contributed by atoms with E-state index in [-0.39, 0.29) is 30.0 Å². The quantitative estimate of drug-likeness (QED) is 0.244. The second kappa shape index (κ2) is 10.2. The van der Waals surface area contributed by atoms with Gasteiger partial charge in [0.2, 0.25) is 0 Å². The molecule has 0 bridgehead atoms. The van der Waals surface area contributed by atoms with Crippen molar-refractivity contribution >= 4 is 17.3 Å². The second-order valence-corrected chi connectivity index (χ2v) is 7.92. The van der Waals surface area contributed by atoms with Gasteiger partial charge in [-0.3, -0.25) is 14.5 Å². The van der Waals surface area contributed by atoms with E-state index >= 15 is 0 Å². The SMILES string of the molecule is CCOC(=O)Cc1ccc(Nc2cc(-c3ccn(C)n3)c(C(F)(F)F)cc2F)c(-c2ccccc2)n1. The van der Waals surface area contributed by atoms with E-state index in [0.29, 0.717) is 28.7 Å². The van der Waals surface area contributed by atoms with E-state index in [1.54, 1.807) is 50.4 Å². The van der Waals surface area contributed by atoms with Gasteiger partial charge in [0.25, 0.3) is 0 Å². The van der Waals surface area contributed by atoms with Gasteiger partial charge in [-0.15, -0.1) is 0 Å². The van der Waals surface area contributed by atoms with Gasteiger partial charge in [-0.25, -0.2) is 4.39 Å². The second-order valence-electron chi connectivity index (χ2n) is 7.92. The summed E-state index contributed by atoms with van der Waals surface area (Å²) in [7, 11) is 1.58. The largest absolute Gasteiger partial charge is 0.466 e. The summed E-state index contributed by atoms with van der Waals surface area (Å²) in [4.78, 5) is 16.5. The van der Waals surface area contributed by atoms with E-state index in [1.807, 2.05) is 6.07 Å². The first-order valence-electron chi connectivity index (χ1n) is 11.0. The number of aromatic nitrogens is 3. The Morgan fingerprint density at radius 2 is 1.81 bits per heavy atom. The predicted octanol–water partition coefficient (Wildman–Crippen LogP) is 6.16. The highest BCUT2D eigenvalue weighted by Gasteiger charge is 2.35. The number of carbonyl (C=O) groups excluding carboxylic acids is 1. The van der Waals surface area contributed by atoms with E-state index in [1.165, 1.54) is 16.9 Å². The van der Waals surface area contributed by atoms with Crippen LogP contribution in [0.3, 0.4) is 0 Å². The molecule has 10 heteroatoms. The molecule has 0 amide bonds. The molecular weight excluding hydrogens is 476 g/mol. The minimum atomic E-state index is -4.78. The zero-order valence-corrected chi connectivity index (χ0v) is 19.4. The molecule has 0 saturated heterocycles. The van der Waals surface area contributed by atoms with Crippen LogP contribution in [0.25, 0.3) is 22.5 Å². The fraction of sp³-hybridized carbons (Fsp3) is 0.192. The van der Waals surface area contributed by atoms with Crippen LogP contribution in [-0.4, -0.2) is 27.3 Å². The Hall–Kier alpha value is -4.21. The predicted molar refractivity (Wildman–Crippen MR) is 127 cm³/mol. The van der Waals surface area contributed by atoms with Gasteiger partial charge < -0.3 is 10.1 Å². The third-order valence-corrected chi connectivity index (χ3v) is 5.30. The highest BCUT2D eigenvalue weighted by Crippen LogP contribution is 2.40. The van der Waals surface area contributed by atoms with Crippen molar-refractivity contribution in [3.8, 4) is 22.5 Å². The van der Waals surface area contributed by atoms with Crippen LogP contribution in [0.1, 0.15) is 18.2 Å². The number of carbonyl (C=O) groups is 1. The lowest BCUT2D eigenvalue weighted by Crippen LogP contribution is -2.11. The molecule has 2 aromatic heterocycles. The van der Waals surface area contributed by atoms with Crippen molar-refractivity contribution in [2.24, 2.45) is 7.05 Å². The number of anilines is 2. The first-order valence-corrected chi connectivity index (χ1v) is 11.0. The van der Waals surface area contributed by atoms with Gasteiger partial charge >= 0.3 is 12.1 Å². The Bertz CT molecular complexity index is 1380. The van der Waals surface area contributed by atoms with E-state index in [9.17, 15) is 22.4 Å². The average molecular weight is 498 g/mol. The number of esters is 1. The molecule has 6 nitrogen and oxygen atoms in total. The van der Waals surface area contributed by atoms with E-state index in [0.717, 1.165) is 6.07 Å². The third kappa shape index (κ3) is 5.54. The van der Waals surface area contributed by atoms with Crippen molar-refractivity contribution in [1.82, 2.24) is 14.8 Å². The number of benzene rings is 2. The fourth-order valence-corrected chi connectivity index (χ4v) is 3.69. The van der Waals surface area contributed by atoms with Gasteiger partial charge in [0.1, 0.15) is 5.82 Å². The normalized spacial score (nSPS) is 11.4. The van der Waals surface area contributed by atoms with Crippen LogP contribution in [-0.2, 0) is 29.2 Å². The summed E-state index contributed by atoms with van der Waals surface area (Å²) in [5, 5.41) is 6.95. The Morgan fingerprint density at radius 3 is 2.44 bits per heavy atom. The van der Waals surface area contributed by atoms with Crippen LogP contribution < -0.4 is 5.32 Å². The van der Waals surface area contributed by atoms with Gasteiger partial charge in [-0.1, -0.05) is 30.3 Å². The summed E-state index contributed by atoms with van der Waals surface area (Å²) in [5.41, 5.74) is 0.328. The molecule has 4 aromatic rings. The summed E-state index contributed by atoms with van der Waals surface area (Å²) < 4.78 is 62.4. The first-order chi connectivity index (χ1) is 17.2. The molecule has 2 heterocycles. The van der Waals surface area contributed by atoms with Crippen LogP contribution >= 0.6 is 0 Å². The molecule has 0 fully saturated rings. The lowest BCUT2D eigenvalue weighted by Gasteiger charge is -2.17. The number of hydrogen-bond donors (Lipinski definition) is 1. The number of alkyl halides is 3. The minimum absolute atomic E-state index is 0.0547. The van der Waals surface area contributed by atoms with Crippen molar-refractivity contribution in [3.63, 3.8) is 0 Å². The van der Waals surface area contributed by atoms with Gasteiger partial charge in [-0.2, -0.15) is 18.3 Å². The Kier molecular flexibility index (Phi) is 7.05. The molecule has 0 spiro atoms. The molecule has 186 valence electrons. The molecule has 2 aromatic carbocycles. The summed E-state index contributed by atoms with van der Waals surface area (Å²) in [6.07, 6.45) is -3.34. The molecule has 1 N–H and O–H groups in total. The molecule has 36 heavy (non-hydrogen) atoms. The third-order valence-electron chi connectivity index (χ3n) is 5.30. The Morgan fingerprint density at radius 1 is 1.06 bits per heavy atom. The molecule has 0 radical (unpaired) electrons. The Labute approximate surface area is 204 Å². The van der Waals surface area contributed by atoms with Crippen molar-refractivity contribution in [3.05, 3.63) is 83.9 Å². The van der Waals surface area contributed by atoms with Crippen molar-refractivity contribution < 1.29 is 27.1 Å². The molecule has 0 atom stereocenters. The summed E-state index contributed by atoms with van der Waals surface area (Å²) in [6, 6.07) is 15.1. The maximum Gasteiger partial charge on any atom is 0.417 e. The zero-order valence-electron chi connectivity index (χ0n) is 19.4. The minimum Gasteiger partial charge on any atom is -0.466 e. The number of rotatable bonds is 7. The highest BCUT2D eigenvalue weighted by atomic mass is 19.4. The number of nitrogens with one attached hydrogen (secondary N) is 1. The average Bonchev–Trinajstić information content (AvgIpc) is 3.27. The lowest BCUT2D eigenvalue weighted by atomic mass is 10.0. The van der Waals surface area contributed by atoms with Crippen LogP contribution in [0, 0.1) is 5.82 Å². The van der Waals surface area contributed by atoms with Crippen LogP contribution in [0.5, 0.6) is 0 Å².